The van der Waals surface area contributed by atoms with Gasteiger partial charge in [-0.15, -0.1) is 65.4 Å². The van der Waals surface area contributed by atoms with Gasteiger partial charge in [-0.3, -0.25) is 0 Å². The van der Waals surface area contributed by atoms with Crippen LogP contribution in [0, 0.1) is 19.0 Å². The number of benzene rings is 3. The van der Waals surface area contributed by atoms with Crippen LogP contribution in [0.1, 0.15) is 14.6 Å². The molecule has 0 unspecified atom stereocenters. The van der Waals surface area contributed by atoms with Crippen molar-refractivity contribution in [3.05, 3.63) is 114 Å². The van der Waals surface area contributed by atoms with Crippen LogP contribution < -0.4 is 0 Å². The van der Waals surface area contributed by atoms with Gasteiger partial charge in [0, 0.05) is 48.0 Å². The second-order valence-corrected chi connectivity index (χ2v) is 8.50. The summed E-state index contributed by atoms with van der Waals surface area (Å²) in [6.45, 7) is -2.28. The van der Waals surface area contributed by atoms with Crippen molar-refractivity contribution in [1.82, 2.24) is 15.0 Å². The summed E-state index contributed by atoms with van der Waals surface area (Å²) in [5, 5.41) is 1.51. The fourth-order valence-corrected chi connectivity index (χ4v) is 4.50. The van der Waals surface area contributed by atoms with Crippen molar-refractivity contribution in [3.63, 3.8) is 0 Å². The Hall–Kier alpha value is -3.70. The molecular formula is C30H19IrN3OS-2. The van der Waals surface area contributed by atoms with Gasteiger partial charge in [-0.2, -0.15) is 0 Å². The first-order chi connectivity index (χ1) is 20.1. The average molecular weight is 669 g/mol. The maximum Gasteiger partial charge on any atom is 0.123 e. The number of hydrogen-bond donors (Lipinski definition) is 0. The monoisotopic (exact) mass is 669 g/mol. The Morgan fingerprint density at radius 1 is 0.944 bits per heavy atom. The summed E-state index contributed by atoms with van der Waals surface area (Å²) in [6, 6.07) is 25.7. The van der Waals surface area contributed by atoms with Gasteiger partial charge in [0.05, 0.1) is 26.3 Å². The van der Waals surface area contributed by atoms with Crippen LogP contribution in [0.2, 0.25) is 0 Å². The normalized spacial score (nSPS) is 13.8. The molecular weight excluding hydrogens is 643 g/mol. The zero-order chi connectivity index (χ0) is 29.6. The number of thiazole rings is 1. The molecule has 0 bridgehead atoms. The molecule has 36 heavy (non-hydrogen) atoms. The summed E-state index contributed by atoms with van der Waals surface area (Å²) in [5.74, 6) is 0. The third-order valence-electron chi connectivity index (χ3n) is 5.30. The third kappa shape index (κ3) is 4.71. The molecule has 7 rings (SSSR count). The summed E-state index contributed by atoms with van der Waals surface area (Å²) < 4.78 is 61.0. The van der Waals surface area contributed by atoms with Crippen LogP contribution in [0.25, 0.3) is 54.7 Å². The number of hydrogen-bond acceptors (Lipinski definition) is 5. The van der Waals surface area contributed by atoms with Crippen LogP contribution in [0.5, 0.6) is 0 Å². The van der Waals surface area contributed by atoms with Gasteiger partial charge in [-0.1, -0.05) is 35.2 Å². The zero-order valence-electron chi connectivity index (χ0n) is 25.4. The number of aryl methyl sites for hydroxylation is 1. The predicted octanol–water partition coefficient (Wildman–Crippen LogP) is 7.91. The molecule has 0 aliphatic heterocycles. The predicted molar refractivity (Wildman–Crippen MR) is 142 cm³/mol. The number of fused-ring (bicyclic) bond motifs is 4. The van der Waals surface area contributed by atoms with Crippen LogP contribution in [-0.4, -0.2) is 15.0 Å². The summed E-state index contributed by atoms with van der Waals surface area (Å²) in [4.78, 5) is 12.4. The molecule has 0 spiro atoms. The molecule has 3 aromatic carbocycles. The number of nitrogens with zero attached hydrogens (tertiary/aromatic N) is 3. The zero-order valence-corrected chi connectivity index (χ0v) is 21.6. The van der Waals surface area contributed by atoms with Crippen molar-refractivity contribution in [1.29, 1.82) is 0 Å². The number of rotatable bonds is 2. The minimum absolute atomic E-state index is 0. The van der Waals surface area contributed by atoms with E-state index in [4.69, 9.17) is 14.0 Å². The molecule has 0 saturated heterocycles. The van der Waals surface area contributed by atoms with Crippen molar-refractivity contribution in [3.8, 4) is 22.5 Å². The molecule has 1 radical (unpaired) electrons. The van der Waals surface area contributed by atoms with E-state index in [2.05, 4.69) is 27.1 Å². The van der Waals surface area contributed by atoms with Crippen LogP contribution >= 0.6 is 11.3 Å². The quantitative estimate of drug-likeness (QED) is 0.176. The van der Waals surface area contributed by atoms with Crippen molar-refractivity contribution in [2.24, 2.45) is 0 Å². The Labute approximate surface area is 235 Å². The van der Waals surface area contributed by atoms with E-state index >= 15 is 0 Å². The minimum Gasteiger partial charge on any atom is -0.501 e. The standard InChI is InChI=1S/C19H11N2OS.C11H8N.Ir/c1-11-21-16-10-17-14(9-18(16)23-11)12-5-4-6-13(19(12)22-17)15-7-2-3-8-20-15;1-2-6-10(7-3-1)11-8-4-5-9-12-11;/h2-5,7-10H,1H3;1-6,8-9H;/q2*-1;/i1D3,2D,3D,7D,8D;;. The van der Waals surface area contributed by atoms with E-state index in [0.29, 0.717) is 32.3 Å². The fraction of sp³-hybridized carbons (Fsp3) is 0.0333. The largest absolute Gasteiger partial charge is 0.501 e. The fourth-order valence-electron chi connectivity index (χ4n) is 3.76. The number of aromatic nitrogens is 3. The van der Waals surface area contributed by atoms with Gasteiger partial charge >= 0.3 is 0 Å². The van der Waals surface area contributed by atoms with E-state index in [9.17, 15) is 0 Å². The number of furan rings is 1. The molecule has 6 heteroatoms. The summed E-state index contributed by atoms with van der Waals surface area (Å²) in [6.07, 6.45) is 1.39. The molecule has 4 heterocycles. The van der Waals surface area contributed by atoms with E-state index in [1.165, 1.54) is 0 Å². The summed E-state index contributed by atoms with van der Waals surface area (Å²) in [7, 11) is 0. The number of pyridine rings is 2. The van der Waals surface area contributed by atoms with E-state index in [1.54, 1.807) is 24.4 Å². The van der Waals surface area contributed by atoms with Gasteiger partial charge < -0.3 is 14.4 Å². The van der Waals surface area contributed by atoms with Crippen molar-refractivity contribution < 1.29 is 34.1 Å². The first-order valence-electron chi connectivity index (χ1n) is 14.1. The van der Waals surface area contributed by atoms with E-state index in [1.807, 2.05) is 48.5 Å². The molecule has 7 aromatic rings. The smallest absolute Gasteiger partial charge is 0.123 e. The minimum atomic E-state index is -2.28. The molecule has 4 nitrogen and oxygen atoms in total. The van der Waals surface area contributed by atoms with Crippen LogP contribution in [-0.2, 0) is 20.1 Å². The Morgan fingerprint density at radius 3 is 2.72 bits per heavy atom. The Morgan fingerprint density at radius 2 is 1.89 bits per heavy atom. The topological polar surface area (TPSA) is 51.8 Å². The molecule has 0 N–H and O–H groups in total. The summed E-state index contributed by atoms with van der Waals surface area (Å²) >= 11 is 1.10. The molecule has 0 amide bonds. The molecule has 0 aliphatic carbocycles. The van der Waals surface area contributed by atoms with Crippen LogP contribution in [0.4, 0.5) is 0 Å². The van der Waals surface area contributed by atoms with Gasteiger partial charge in [-0.25, -0.2) is 4.98 Å². The van der Waals surface area contributed by atoms with Crippen LogP contribution in [0.3, 0.4) is 0 Å². The average Bonchev–Trinajstić information content (AvgIpc) is 3.59. The van der Waals surface area contributed by atoms with E-state index < -0.39 is 19.1 Å². The first-order valence-corrected chi connectivity index (χ1v) is 11.4. The SMILES string of the molecule is [2H]c1nc(-c2[c-]ccc3c2oc2cc4nc(C([2H])([2H])[2H])sc4cc23)c([2H])c([2H])c1[2H].[Ir].[c-]1ccccc1-c1ccccn1. The molecule has 4 aromatic heterocycles. The molecule has 177 valence electrons. The molecule has 0 fully saturated rings. The van der Waals surface area contributed by atoms with E-state index in [0.717, 1.165) is 28.0 Å². The molecule has 0 atom stereocenters. The molecule has 0 saturated carbocycles. The third-order valence-corrected chi connectivity index (χ3v) is 6.13. The maximum absolute atomic E-state index is 8.18. The van der Waals surface area contributed by atoms with Gasteiger partial charge in [-0.05, 0) is 36.4 Å². The van der Waals surface area contributed by atoms with Gasteiger partial charge in [0.25, 0.3) is 0 Å². The second-order valence-electron chi connectivity index (χ2n) is 7.47. The van der Waals surface area contributed by atoms with Crippen molar-refractivity contribution >= 4 is 43.5 Å². The van der Waals surface area contributed by atoms with Gasteiger partial charge in [0.2, 0.25) is 0 Å². The second kappa shape index (κ2) is 10.5. The maximum atomic E-state index is 8.18. The van der Waals surface area contributed by atoms with Crippen molar-refractivity contribution in [2.45, 2.75) is 6.85 Å². The van der Waals surface area contributed by atoms with Gasteiger partial charge in [0.1, 0.15) is 5.58 Å². The Bertz CT molecular complexity index is 2040. The molecule has 0 aliphatic rings. The first kappa shape index (κ1) is 16.9. The Balaban J connectivity index is 0.000000238. The van der Waals surface area contributed by atoms with Gasteiger partial charge in [0.15, 0.2) is 0 Å². The van der Waals surface area contributed by atoms with E-state index in [-0.39, 0.29) is 42.9 Å². The Kier molecular flexibility index (Phi) is 4.93. The summed E-state index contributed by atoms with van der Waals surface area (Å²) in [5.41, 5.74) is 3.78. The van der Waals surface area contributed by atoms with Crippen molar-refractivity contribution in [2.75, 3.05) is 0 Å². The van der Waals surface area contributed by atoms with Crippen LogP contribution in [0.15, 0.2) is 102 Å².